The van der Waals surface area contributed by atoms with Crippen LogP contribution in [0.1, 0.15) is 77.0 Å². The largest absolute Gasteiger partial charge is 0.367 e. The standard InChI is InChI=1S/C28H41N7/c1-20(2)34(21(3)4)17-15-29-26-25-27(35(19-30-25)24-12-6-5-7-13-24)32-28(31-26)33-16-14-22-10-8-9-11-23(22)18-33/h8-11,19-21,24H,5-7,12-18H2,1-4H3,(H,29,31,32). The number of benzene rings is 1. The third-order valence-electron chi connectivity index (χ3n) is 7.78. The summed E-state index contributed by atoms with van der Waals surface area (Å²) in [7, 11) is 0. The van der Waals surface area contributed by atoms with Gasteiger partial charge in [0.1, 0.15) is 0 Å². The van der Waals surface area contributed by atoms with Gasteiger partial charge in [-0.25, -0.2) is 4.98 Å². The monoisotopic (exact) mass is 475 g/mol. The Morgan fingerprint density at radius 3 is 2.49 bits per heavy atom. The highest BCUT2D eigenvalue weighted by Gasteiger charge is 2.24. The normalized spacial score (nSPS) is 17.1. The highest BCUT2D eigenvalue weighted by Crippen LogP contribution is 2.33. The number of fused-ring (bicyclic) bond motifs is 2. The lowest BCUT2D eigenvalue weighted by atomic mass is 9.95. The molecular weight excluding hydrogens is 434 g/mol. The van der Waals surface area contributed by atoms with Crippen LogP contribution in [0.2, 0.25) is 0 Å². The molecule has 0 bridgehead atoms. The van der Waals surface area contributed by atoms with Crippen LogP contribution in [-0.2, 0) is 13.0 Å². The maximum absolute atomic E-state index is 5.13. The van der Waals surface area contributed by atoms with Gasteiger partial charge in [-0.3, -0.25) is 4.90 Å². The Hall–Kier alpha value is -2.67. The lowest BCUT2D eigenvalue weighted by molar-refractivity contribution is 0.182. The molecule has 0 unspecified atom stereocenters. The molecule has 0 amide bonds. The molecule has 1 fully saturated rings. The van der Waals surface area contributed by atoms with E-state index in [0.29, 0.717) is 18.1 Å². The van der Waals surface area contributed by atoms with Gasteiger partial charge in [-0.05, 0) is 58.1 Å². The average molecular weight is 476 g/mol. The Balaban J connectivity index is 1.46. The lowest BCUT2D eigenvalue weighted by Crippen LogP contribution is -2.40. The number of aromatic nitrogens is 4. The number of anilines is 2. The maximum atomic E-state index is 5.13. The second kappa shape index (κ2) is 10.5. The molecule has 2 aliphatic rings. The van der Waals surface area contributed by atoms with Gasteiger partial charge in [-0.1, -0.05) is 43.5 Å². The highest BCUT2D eigenvalue weighted by molar-refractivity contribution is 5.84. The molecule has 3 aromatic rings. The van der Waals surface area contributed by atoms with Gasteiger partial charge >= 0.3 is 0 Å². The summed E-state index contributed by atoms with van der Waals surface area (Å²) in [6.07, 6.45) is 9.37. The Bertz CT molecular complexity index is 1120. The quantitative estimate of drug-likeness (QED) is 0.469. The lowest BCUT2D eigenvalue weighted by Gasteiger charge is -2.31. The van der Waals surface area contributed by atoms with E-state index in [9.17, 15) is 0 Å². The topological polar surface area (TPSA) is 62.1 Å². The van der Waals surface area contributed by atoms with Crippen LogP contribution < -0.4 is 10.2 Å². The van der Waals surface area contributed by atoms with Crippen LogP contribution in [0.5, 0.6) is 0 Å². The number of nitrogens with zero attached hydrogens (tertiary/aromatic N) is 6. The molecule has 7 nitrogen and oxygen atoms in total. The van der Waals surface area contributed by atoms with Gasteiger partial charge < -0.3 is 14.8 Å². The molecule has 0 saturated heterocycles. The minimum Gasteiger partial charge on any atom is -0.367 e. The Morgan fingerprint density at radius 2 is 1.74 bits per heavy atom. The van der Waals surface area contributed by atoms with E-state index in [1.807, 2.05) is 6.33 Å². The van der Waals surface area contributed by atoms with Crippen molar-refractivity contribution >= 4 is 22.9 Å². The van der Waals surface area contributed by atoms with Gasteiger partial charge in [0.05, 0.1) is 6.33 Å². The molecule has 3 heterocycles. The van der Waals surface area contributed by atoms with E-state index in [-0.39, 0.29) is 0 Å². The zero-order valence-corrected chi connectivity index (χ0v) is 21.9. The van der Waals surface area contributed by atoms with Crippen molar-refractivity contribution in [1.82, 2.24) is 24.4 Å². The fraction of sp³-hybridized carbons (Fsp3) is 0.607. The highest BCUT2D eigenvalue weighted by atomic mass is 15.3. The number of hydrogen-bond donors (Lipinski definition) is 1. The van der Waals surface area contributed by atoms with Crippen molar-refractivity contribution in [2.24, 2.45) is 0 Å². The molecule has 1 aliphatic heterocycles. The zero-order chi connectivity index (χ0) is 24.4. The predicted octanol–water partition coefficient (Wildman–Crippen LogP) is 5.42. The van der Waals surface area contributed by atoms with Gasteiger partial charge in [-0.2, -0.15) is 9.97 Å². The van der Waals surface area contributed by atoms with Crippen LogP contribution >= 0.6 is 0 Å². The van der Waals surface area contributed by atoms with Crippen molar-refractivity contribution in [2.45, 2.75) is 90.9 Å². The SMILES string of the molecule is CC(C)N(CCNc1nc(N2CCc3ccccc3C2)nc2c1ncn2C1CCCCC1)C(C)C. The molecular formula is C28H41N7. The molecule has 188 valence electrons. The second-order valence-corrected chi connectivity index (χ2v) is 10.8. The molecule has 1 aliphatic carbocycles. The minimum absolute atomic E-state index is 0.490. The molecule has 5 rings (SSSR count). The fourth-order valence-electron chi connectivity index (χ4n) is 5.88. The Morgan fingerprint density at radius 1 is 1.00 bits per heavy atom. The molecule has 7 heteroatoms. The van der Waals surface area contributed by atoms with Crippen LogP contribution in [0.3, 0.4) is 0 Å². The summed E-state index contributed by atoms with van der Waals surface area (Å²) >= 11 is 0. The number of hydrogen-bond acceptors (Lipinski definition) is 6. The summed E-state index contributed by atoms with van der Waals surface area (Å²) in [4.78, 5) is 19.9. The van der Waals surface area contributed by atoms with Crippen molar-refractivity contribution in [3.63, 3.8) is 0 Å². The van der Waals surface area contributed by atoms with E-state index in [1.54, 1.807) is 0 Å². The summed E-state index contributed by atoms with van der Waals surface area (Å²) in [6.45, 7) is 12.7. The van der Waals surface area contributed by atoms with Gasteiger partial charge in [0.15, 0.2) is 17.0 Å². The van der Waals surface area contributed by atoms with E-state index in [2.05, 4.69) is 71.6 Å². The van der Waals surface area contributed by atoms with Gasteiger partial charge in [-0.15, -0.1) is 0 Å². The molecule has 1 saturated carbocycles. The third-order valence-corrected chi connectivity index (χ3v) is 7.78. The fourth-order valence-corrected chi connectivity index (χ4v) is 5.88. The minimum atomic E-state index is 0.490. The average Bonchev–Trinajstić information content (AvgIpc) is 3.30. The van der Waals surface area contributed by atoms with E-state index >= 15 is 0 Å². The van der Waals surface area contributed by atoms with Crippen LogP contribution in [-0.4, -0.2) is 56.1 Å². The molecule has 1 N–H and O–H groups in total. The first-order valence-electron chi connectivity index (χ1n) is 13.6. The van der Waals surface area contributed by atoms with Crippen LogP contribution in [0, 0.1) is 0 Å². The van der Waals surface area contributed by atoms with Crippen LogP contribution in [0.25, 0.3) is 11.2 Å². The first kappa shape index (κ1) is 24.0. The molecule has 0 radical (unpaired) electrons. The first-order chi connectivity index (χ1) is 17.0. The van der Waals surface area contributed by atoms with Gasteiger partial charge in [0.25, 0.3) is 0 Å². The van der Waals surface area contributed by atoms with E-state index in [1.165, 1.54) is 43.2 Å². The third kappa shape index (κ3) is 5.15. The zero-order valence-electron chi connectivity index (χ0n) is 21.9. The summed E-state index contributed by atoms with van der Waals surface area (Å²) in [6, 6.07) is 10.3. The second-order valence-electron chi connectivity index (χ2n) is 10.8. The van der Waals surface area contributed by atoms with Crippen molar-refractivity contribution < 1.29 is 0 Å². The Kier molecular flexibility index (Phi) is 7.23. The van der Waals surface area contributed by atoms with Crippen molar-refractivity contribution in [3.05, 3.63) is 41.7 Å². The molecule has 35 heavy (non-hydrogen) atoms. The van der Waals surface area contributed by atoms with E-state index in [4.69, 9.17) is 15.0 Å². The maximum Gasteiger partial charge on any atom is 0.229 e. The van der Waals surface area contributed by atoms with Gasteiger partial charge in [0.2, 0.25) is 5.95 Å². The summed E-state index contributed by atoms with van der Waals surface area (Å²) < 4.78 is 2.33. The van der Waals surface area contributed by atoms with Crippen LogP contribution in [0.4, 0.5) is 11.8 Å². The first-order valence-corrected chi connectivity index (χ1v) is 13.6. The van der Waals surface area contributed by atoms with Crippen LogP contribution in [0.15, 0.2) is 30.6 Å². The number of nitrogens with one attached hydrogen (secondary N) is 1. The van der Waals surface area contributed by atoms with Crippen molar-refractivity contribution in [3.8, 4) is 0 Å². The molecule has 0 spiro atoms. The number of imidazole rings is 1. The van der Waals surface area contributed by atoms with Gasteiger partial charge in [0, 0.05) is 44.3 Å². The smallest absolute Gasteiger partial charge is 0.229 e. The Labute approximate surface area is 210 Å². The van der Waals surface area contributed by atoms with E-state index < -0.39 is 0 Å². The summed E-state index contributed by atoms with van der Waals surface area (Å²) in [5, 5.41) is 3.65. The predicted molar refractivity (Wildman–Crippen MR) is 144 cm³/mol. The summed E-state index contributed by atoms with van der Waals surface area (Å²) in [5.74, 6) is 1.68. The summed E-state index contributed by atoms with van der Waals surface area (Å²) in [5.41, 5.74) is 4.70. The molecule has 0 atom stereocenters. The van der Waals surface area contributed by atoms with Crippen molar-refractivity contribution in [1.29, 1.82) is 0 Å². The number of rotatable bonds is 8. The molecule has 1 aromatic carbocycles. The molecule has 2 aromatic heterocycles. The van der Waals surface area contributed by atoms with Crippen molar-refractivity contribution in [2.75, 3.05) is 29.9 Å². The van der Waals surface area contributed by atoms with E-state index in [0.717, 1.165) is 55.5 Å².